The zero-order valence-electron chi connectivity index (χ0n) is 15.6. The first kappa shape index (κ1) is 21.4. The Morgan fingerprint density at radius 2 is 1.72 bits per heavy atom. The van der Waals surface area contributed by atoms with Gasteiger partial charge < -0.3 is 5.32 Å². The van der Waals surface area contributed by atoms with Gasteiger partial charge in [0.2, 0.25) is 15.9 Å². The molecule has 0 aromatic heterocycles. The van der Waals surface area contributed by atoms with E-state index < -0.39 is 15.8 Å². The third kappa shape index (κ3) is 6.65. The average molecular weight is 373 g/mol. The minimum atomic E-state index is -3.63. The average Bonchev–Trinajstić information content (AvgIpc) is 2.48. The van der Waals surface area contributed by atoms with E-state index in [9.17, 15) is 17.6 Å². The van der Waals surface area contributed by atoms with E-state index in [1.54, 1.807) is 6.07 Å². The summed E-state index contributed by atoms with van der Waals surface area (Å²) < 4.78 is 38.9. The number of carbonyl (C=O) groups is 1. The van der Waals surface area contributed by atoms with Crippen LogP contribution >= 0.6 is 0 Å². The van der Waals surface area contributed by atoms with Crippen LogP contribution in [-0.4, -0.2) is 33.2 Å². The van der Waals surface area contributed by atoms with Crippen molar-refractivity contribution in [1.82, 2.24) is 5.32 Å². The predicted octanol–water partition coefficient (Wildman–Crippen LogP) is 3.17. The quantitative estimate of drug-likeness (QED) is 0.724. The molecule has 1 aromatic carbocycles. The van der Waals surface area contributed by atoms with Crippen LogP contribution in [0.3, 0.4) is 0 Å². The summed E-state index contributed by atoms with van der Waals surface area (Å²) in [6, 6.07) is 5.80. The Morgan fingerprint density at radius 1 is 1.16 bits per heavy atom. The van der Waals surface area contributed by atoms with E-state index >= 15 is 0 Å². The fourth-order valence-electron chi connectivity index (χ4n) is 2.86. The smallest absolute Gasteiger partial charge is 0.232 e. The molecule has 0 unspecified atom stereocenters. The monoisotopic (exact) mass is 372 g/mol. The summed E-state index contributed by atoms with van der Waals surface area (Å²) in [6.07, 6.45) is 1.54. The van der Waals surface area contributed by atoms with Gasteiger partial charge in [0.05, 0.1) is 11.9 Å². The van der Waals surface area contributed by atoms with Gasteiger partial charge in [-0.15, -0.1) is 0 Å². The van der Waals surface area contributed by atoms with Crippen LogP contribution < -0.4 is 9.62 Å². The van der Waals surface area contributed by atoms with Crippen LogP contribution in [0.25, 0.3) is 0 Å². The lowest BCUT2D eigenvalue weighted by molar-refractivity contribution is -0.122. The number of para-hydroxylation sites is 1. The largest absolute Gasteiger partial charge is 0.353 e. The number of anilines is 1. The van der Waals surface area contributed by atoms with Gasteiger partial charge in [0.15, 0.2) is 0 Å². The Bertz CT molecular complexity index is 667. The summed E-state index contributed by atoms with van der Waals surface area (Å²) in [5, 5.41) is 3.00. The highest BCUT2D eigenvalue weighted by Crippen LogP contribution is 2.22. The van der Waals surface area contributed by atoms with E-state index in [-0.39, 0.29) is 30.6 Å². The van der Waals surface area contributed by atoms with Gasteiger partial charge in [0, 0.05) is 19.0 Å². The summed E-state index contributed by atoms with van der Waals surface area (Å²) in [5.74, 6) is -0.0868. The molecule has 7 heteroatoms. The first-order valence-electron chi connectivity index (χ1n) is 8.55. The van der Waals surface area contributed by atoms with Gasteiger partial charge in [-0.2, -0.15) is 0 Å². The summed E-state index contributed by atoms with van der Waals surface area (Å²) in [5.41, 5.74) is 0.00708. The fraction of sp³-hybridized carbons (Fsp3) is 0.611. The second-order valence-corrected chi connectivity index (χ2v) is 8.88. The Balaban J connectivity index is 2.70. The Kier molecular flexibility index (Phi) is 7.86. The lowest BCUT2D eigenvalue weighted by Gasteiger charge is -2.26. The first-order chi connectivity index (χ1) is 11.5. The van der Waals surface area contributed by atoms with Crippen molar-refractivity contribution in [2.24, 2.45) is 11.8 Å². The standard InChI is InChI=1S/C18H29FN2O3S/c1-13(2)18(14(3)4)20-17(22)11-8-12-21(25(5,23)24)16-10-7-6-9-15(16)19/h6-7,9-10,13-14,18H,8,11-12H2,1-5H3,(H,20,22). The molecule has 0 aliphatic rings. The third-order valence-electron chi connectivity index (χ3n) is 4.05. The fourth-order valence-corrected chi connectivity index (χ4v) is 3.83. The van der Waals surface area contributed by atoms with Crippen LogP contribution in [0.1, 0.15) is 40.5 Å². The first-order valence-corrected chi connectivity index (χ1v) is 10.4. The molecule has 0 saturated carbocycles. The van der Waals surface area contributed by atoms with Crippen LogP contribution in [0.2, 0.25) is 0 Å². The number of hydrogen-bond donors (Lipinski definition) is 1. The van der Waals surface area contributed by atoms with E-state index in [0.29, 0.717) is 18.3 Å². The number of hydrogen-bond acceptors (Lipinski definition) is 3. The van der Waals surface area contributed by atoms with Crippen molar-refractivity contribution in [2.75, 3.05) is 17.1 Å². The summed E-state index contributed by atoms with van der Waals surface area (Å²) in [7, 11) is -3.63. The number of rotatable bonds is 9. The SMILES string of the molecule is CC(C)C(NC(=O)CCCN(c1ccccc1F)S(C)(=O)=O)C(C)C. The van der Waals surface area contributed by atoms with Gasteiger partial charge >= 0.3 is 0 Å². The van der Waals surface area contributed by atoms with Gasteiger partial charge in [0.1, 0.15) is 5.82 Å². The molecule has 0 saturated heterocycles. The third-order valence-corrected chi connectivity index (χ3v) is 5.23. The lowest BCUT2D eigenvalue weighted by atomic mass is 9.93. The normalized spacial score (nSPS) is 12.0. The molecule has 142 valence electrons. The molecule has 5 nitrogen and oxygen atoms in total. The van der Waals surface area contributed by atoms with Gasteiger partial charge in [-0.3, -0.25) is 9.10 Å². The number of carbonyl (C=O) groups excluding carboxylic acids is 1. The Hall–Kier alpha value is -1.63. The molecule has 0 aliphatic carbocycles. The Labute approximate surface area is 150 Å². The number of halogens is 1. The maximum atomic E-state index is 13.9. The highest BCUT2D eigenvalue weighted by atomic mass is 32.2. The van der Waals surface area contributed by atoms with E-state index in [1.807, 2.05) is 0 Å². The molecule has 1 aromatic rings. The molecule has 0 atom stereocenters. The maximum Gasteiger partial charge on any atom is 0.232 e. The molecule has 1 N–H and O–H groups in total. The van der Waals surface area contributed by atoms with E-state index in [0.717, 1.165) is 10.6 Å². The number of nitrogens with one attached hydrogen (secondary N) is 1. The van der Waals surface area contributed by atoms with Gasteiger partial charge in [0.25, 0.3) is 0 Å². The molecule has 0 heterocycles. The van der Waals surface area contributed by atoms with Crippen molar-refractivity contribution in [3.05, 3.63) is 30.1 Å². The van der Waals surface area contributed by atoms with Crippen molar-refractivity contribution in [1.29, 1.82) is 0 Å². The maximum absolute atomic E-state index is 13.9. The van der Waals surface area contributed by atoms with Gasteiger partial charge in [-0.1, -0.05) is 39.8 Å². The molecular formula is C18H29FN2O3S. The summed E-state index contributed by atoms with van der Waals surface area (Å²) in [4.78, 5) is 12.1. The molecule has 0 bridgehead atoms. The van der Waals surface area contributed by atoms with Crippen molar-refractivity contribution in [3.63, 3.8) is 0 Å². The molecular weight excluding hydrogens is 343 g/mol. The number of amides is 1. The van der Waals surface area contributed by atoms with Crippen molar-refractivity contribution < 1.29 is 17.6 Å². The minimum Gasteiger partial charge on any atom is -0.353 e. The van der Waals surface area contributed by atoms with E-state index in [2.05, 4.69) is 33.0 Å². The lowest BCUT2D eigenvalue weighted by Crippen LogP contribution is -2.42. The van der Waals surface area contributed by atoms with E-state index in [1.165, 1.54) is 18.2 Å². The number of nitrogens with zero attached hydrogens (tertiary/aromatic N) is 1. The summed E-state index contributed by atoms with van der Waals surface area (Å²) in [6.45, 7) is 8.26. The highest BCUT2D eigenvalue weighted by Gasteiger charge is 2.22. The predicted molar refractivity (Wildman–Crippen MR) is 99.4 cm³/mol. The Morgan fingerprint density at radius 3 is 2.20 bits per heavy atom. The van der Waals surface area contributed by atoms with Crippen molar-refractivity contribution in [2.45, 2.75) is 46.6 Å². The van der Waals surface area contributed by atoms with E-state index in [4.69, 9.17) is 0 Å². The molecule has 0 aliphatic heterocycles. The number of benzene rings is 1. The topological polar surface area (TPSA) is 66.5 Å². The molecule has 0 spiro atoms. The molecule has 1 rings (SSSR count). The zero-order chi connectivity index (χ0) is 19.2. The molecule has 0 radical (unpaired) electrons. The molecule has 1 amide bonds. The molecule has 0 fully saturated rings. The zero-order valence-corrected chi connectivity index (χ0v) is 16.4. The molecule has 25 heavy (non-hydrogen) atoms. The van der Waals surface area contributed by atoms with Crippen LogP contribution in [0.4, 0.5) is 10.1 Å². The second kappa shape index (κ2) is 9.17. The van der Waals surface area contributed by atoms with Crippen LogP contribution in [0, 0.1) is 17.7 Å². The van der Waals surface area contributed by atoms with Gasteiger partial charge in [-0.25, -0.2) is 12.8 Å². The van der Waals surface area contributed by atoms with Crippen LogP contribution in [0.5, 0.6) is 0 Å². The van der Waals surface area contributed by atoms with Crippen molar-refractivity contribution in [3.8, 4) is 0 Å². The minimum absolute atomic E-state index is 0.00708. The van der Waals surface area contributed by atoms with Crippen LogP contribution in [0.15, 0.2) is 24.3 Å². The number of sulfonamides is 1. The van der Waals surface area contributed by atoms with Crippen molar-refractivity contribution >= 4 is 21.6 Å². The highest BCUT2D eigenvalue weighted by molar-refractivity contribution is 7.92. The second-order valence-electron chi connectivity index (χ2n) is 6.97. The van der Waals surface area contributed by atoms with Crippen LogP contribution in [-0.2, 0) is 14.8 Å². The van der Waals surface area contributed by atoms with Gasteiger partial charge in [-0.05, 0) is 30.4 Å². The summed E-state index contributed by atoms with van der Waals surface area (Å²) >= 11 is 0.